The normalized spacial score (nSPS) is 10.2. The lowest BCUT2D eigenvalue weighted by Crippen LogP contribution is -2.24. The second-order valence-electron chi connectivity index (χ2n) is 5.39. The first-order valence-electron chi connectivity index (χ1n) is 7.45. The van der Waals surface area contributed by atoms with Gasteiger partial charge in [0.25, 0.3) is 5.91 Å². The third-order valence-corrected chi connectivity index (χ3v) is 4.00. The predicted molar refractivity (Wildman–Crippen MR) is 100 cm³/mol. The maximum absolute atomic E-state index is 11.9. The average molecular weight is 427 g/mol. The van der Waals surface area contributed by atoms with Crippen LogP contribution in [0.3, 0.4) is 0 Å². The number of amides is 1. The predicted octanol–water partition coefficient (Wildman–Crippen LogP) is 4.28. The molecule has 0 aliphatic heterocycles. The molecule has 0 saturated carbocycles. The summed E-state index contributed by atoms with van der Waals surface area (Å²) in [7, 11) is 0. The molecule has 25 heavy (non-hydrogen) atoms. The molecule has 0 aliphatic carbocycles. The monoisotopic (exact) mass is 425 g/mol. The maximum atomic E-state index is 11.9. The van der Waals surface area contributed by atoms with Gasteiger partial charge >= 0.3 is 5.97 Å². The van der Waals surface area contributed by atoms with E-state index in [0.29, 0.717) is 16.5 Å². The van der Waals surface area contributed by atoms with Crippen LogP contribution in [0.15, 0.2) is 40.9 Å². The summed E-state index contributed by atoms with van der Waals surface area (Å²) in [5, 5.41) is 3.09. The molecule has 0 aromatic heterocycles. The number of benzene rings is 2. The first-order chi connectivity index (χ1) is 11.8. The van der Waals surface area contributed by atoms with Crippen LogP contribution in [0.5, 0.6) is 5.75 Å². The third kappa shape index (κ3) is 6.07. The van der Waals surface area contributed by atoms with E-state index in [1.54, 1.807) is 24.3 Å². The summed E-state index contributed by atoms with van der Waals surface area (Å²) in [6, 6.07) is 10.7. The van der Waals surface area contributed by atoms with Crippen LogP contribution in [0.25, 0.3) is 0 Å². The van der Waals surface area contributed by atoms with Crippen LogP contribution in [0.2, 0.25) is 5.02 Å². The number of rotatable bonds is 6. The minimum atomic E-state index is -0.637. The van der Waals surface area contributed by atoms with Gasteiger partial charge in [-0.25, -0.2) is 4.79 Å². The van der Waals surface area contributed by atoms with Gasteiger partial charge in [0.05, 0.1) is 10.7 Å². The Morgan fingerprint density at radius 1 is 1.16 bits per heavy atom. The van der Waals surface area contributed by atoms with Gasteiger partial charge in [-0.1, -0.05) is 39.7 Å². The van der Waals surface area contributed by atoms with Gasteiger partial charge in [-0.3, -0.25) is 4.79 Å². The Balaban J connectivity index is 1.81. The summed E-state index contributed by atoms with van der Waals surface area (Å²) in [6.07, 6.45) is 0. The Bertz CT molecular complexity index is 771. The van der Waals surface area contributed by atoms with Crippen LogP contribution in [-0.2, 0) is 14.3 Å². The number of anilines is 1. The number of esters is 1. The van der Waals surface area contributed by atoms with E-state index in [4.69, 9.17) is 21.1 Å². The molecule has 2 aromatic carbocycles. The summed E-state index contributed by atoms with van der Waals surface area (Å²) >= 11 is 9.43. The number of ether oxygens (including phenoxy) is 2. The number of carbonyl (C=O) groups is 2. The van der Waals surface area contributed by atoms with Gasteiger partial charge < -0.3 is 14.8 Å². The van der Waals surface area contributed by atoms with Crippen molar-refractivity contribution in [2.75, 3.05) is 18.5 Å². The molecule has 0 spiro atoms. The molecule has 0 aliphatic rings. The fraction of sp³-hybridized carbons (Fsp3) is 0.222. The molecule has 7 heteroatoms. The van der Waals surface area contributed by atoms with Gasteiger partial charge in [0.1, 0.15) is 5.75 Å². The lowest BCUT2D eigenvalue weighted by atomic mass is 10.1. The van der Waals surface area contributed by atoms with Crippen LogP contribution in [0.1, 0.15) is 11.1 Å². The lowest BCUT2D eigenvalue weighted by Gasteiger charge is -2.12. The standard InChI is InChI=1S/C18H17BrClNO4/c1-11-6-12(2)18(15(20)7-11)21-16(22)9-25-17(23)10-24-14-5-3-4-13(19)8-14/h3-8H,9-10H2,1-2H3,(H,21,22). The highest BCUT2D eigenvalue weighted by Crippen LogP contribution is 2.27. The minimum Gasteiger partial charge on any atom is -0.482 e. The fourth-order valence-electron chi connectivity index (χ4n) is 2.14. The number of halogens is 2. The summed E-state index contributed by atoms with van der Waals surface area (Å²) in [6.45, 7) is 3.06. The quantitative estimate of drug-likeness (QED) is 0.700. The van der Waals surface area contributed by atoms with E-state index in [1.807, 2.05) is 26.0 Å². The molecular formula is C18H17BrClNO4. The van der Waals surface area contributed by atoms with E-state index in [-0.39, 0.29) is 6.61 Å². The van der Waals surface area contributed by atoms with Crippen molar-refractivity contribution in [2.45, 2.75) is 13.8 Å². The van der Waals surface area contributed by atoms with E-state index in [2.05, 4.69) is 21.2 Å². The molecule has 1 amide bonds. The van der Waals surface area contributed by atoms with E-state index in [1.165, 1.54) is 0 Å². The summed E-state index contributed by atoms with van der Waals surface area (Å²) < 4.78 is 11.0. The summed E-state index contributed by atoms with van der Waals surface area (Å²) in [5.74, 6) is -0.579. The van der Waals surface area contributed by atoms with E-state index in [9.17, 15) is 9.59 Å². The Morgan fingerprint density at radius 3 is 2.60 bits per heavy atom. The molecule has 1 N–H and O–H groups in total. The molecule has 0 heterocycles. The van der Waals surface area contributed by atoms with Crippen LogP contribution in [0, 0.1) is 13.8 Å². The number of carbonyl (C=O) groups excluding carboxylic acids is 2. The van der Waals surface area contributed by atoms with Crippen molar-refractivity contribution in [1.29, 1.82) is 0 Å². The smallest absolute Gasteiger partial charge is 0.344 e. The van der Waals surface area contributed by atoms with Gasteiger partial charge in [0.15, 0.2) is 13.2 Å². The number of nitrogens with one attached hydrogen (secondary N) is 1. The molecule has 5 nitrogen and oxygen atoms in total. The molecule has 0 fully saturated rings. The van der Waals surface area contributed by atoms with Crippen LogP contribution in [-0.4, -0.2) is 25.1 Å². The van der Waals surface area contributed by atoms with Gasteiger partial charge in [-0.2, -0.15) is 0 Å². The zero-order valence-electron chi connectivity index (χ0n) is 13.8. The average Bonchev–Trinajstić information content (AvgIpc) is 2.54. The Kier molecular flexibility index (Phi) is 6.84. The van der Waals surface area contributed by atoms with E-state index < -0.39 is 18.5 Å². The molecule has 0 saturated heterocycles. The Morgan fingerprint density at radius 2 is 1.92 bits per heavy atom. The number of hydrogen-bond acceptors (Lipinski definition) is 4. The summed E-state index contributed by atoms with van der Waals surface area (Å²) in [5.41, 5.74) is 2.35. The molecule has 0 unspecified atom stereocenters. The zero-order valence-corrected chi connectivity index (χ0v) is 16.1. The van der Waals surface area contributed by atoms with Crippen molar-refractivity contribution in [3.8, 4) is 5.75 Å². The zero-order chi connectivity index (χ0) is 18.4. The molecular weight excluding hydrogens is 410 g/mol. The third-order valence-electron chi connectivity index (χ3n) is 3.21. The van der Waals surface area contributed by atoms with E-state index in [0.717, 1.165) is 15.6 Å². The highest BCUT2D eigenvalue weighted by Gasteiger charge is 2.12. The second kappa shape index (κ2) is 8.87. The number of hydrogen-bond donors (Lipinski definition) is 1. The molecule has 0 bridgehead atoms. The minimum absolute atomic E-state index is 0.284. The molecule has 0 atom stereocenters. The largest absolute Gasteiger partial charge is 0.482 e. The van der Waals surface area contributed by atoms with Crippen molar-refractivity contribution in [2.24, 2.45) is 0 Å². The van der Waals surface area contributed by atoms with Crippen molar-refractivity contribution in [3.63, 3.8) is 0 Å². The second-order valence-corrected chi connectivity index (χ2v) is 6.72. The molecule has 2 aromatic rings. The number of aryl methyl sites for hydroxylation is 2. The van der Waals surface area contributed by atoms with Gasteiger partial charge in [0.2, 0.25) is 0 Å². The molecule has 132 valence electrons. The van der Waals surface area contributed by atoms with Crippen molar-refractivity contribution in [1.82, 2.24) is 0 Å². The van der Waals surface area contributed by atoms with Gasteiger partial charge in [0, 0.05) is 4.47 Å². The Hall–Kier alpha value is -2.05. The highest BCUT2D eigenvalue weighted by molar-refractivity contribution is 9.10. The van der Waals surface area contributed by atoms with E-state index >= 15 is 0 Å². The van der Waals surface area contributed by atoms with Crippen LogP contribution < -0.4 is 10.1 Å². The van der Waals surface area contributed by atoms with Crippen LogP contribution in [0.4, 0.5) is 5.69 Å². The first-order valence-corrected chi connectivity index (χ1v) is 8.63. The van der Waals surface area contributed by atoms with Gasteiger partial charge in [-0.15, -0.1) is 0 Å². The summed E-state index contributed by atoms with van der Waals surface area (Å²) in [4.78, 5) is 23.6. The maximum Gasteiger partial charge on any atom is 0.344 e. The SMILES string of the molecule is Cc1cc(C)c(NC(=O)COC(=O)COc2cccc(Br)c2)c(Cl)c1. The lowest BCUT2D eigenvalue weighted by molar-refractivity contribution is -0.149. The first kappa shape index (κ1) is 19.3. The molecule has 2 rings (SSSR count). The topological polar surface area (TPSA) is 64.6 Å². The Labute approximate surface area is 159 Å². The molecule has 0 radical (unpaired) electrons. The van der Waals surface area contributed by atoms with Crippen molar-refractivity contribution in [3.05, 3.63) is 57.0 Å². The highest BCUT2D eigenvalue weighted by atomic mass is 79.9. The van der Waals surface area contributed by atoms with Crippen molar-refractivity contribution >= 4 is 45.1 Å². The van der Waals surface area contributed by atoms with Gasteiger partial charge in [-0.05, 0) is 49.2 Å². The fourth-order valence-corrected chi connectivity index (χ4v) is 2.88. The van der Waals surface area contributed by atoms with Crippen molar-refractivity contribution < 1.29 is 19.1 Å². The van der Waals surface area contributed by atoms with Crippen LogP contribution >= 0.6 is 27.5 Å².